The maximum absolute atomic E-state index is 13.8. The van der Waals surface area contributed by atoms with E-state index in [0.29, 0.717) is 22.0 Å². The normalized spacial score (nSPS) is 12.2. The van der Waals surface area contributed by atoms with Gasteiger partial charge in [-0.15, -0.1) is 0 Å². The SMILES string of the molecule is CNS(=O)(=O)c1c(-c2ccccc2)nc2ccccc2c1C(=O)N[C@@H](C(=O)OC)c1ccccc1. The molecular formula is C26H23N3O5S. The van der Waals surface area contributed by atoms with Gasteiger partial charge in [0.2, 0.25) is 10.0 Å². The molecular weight excluding hydrogens is 466 g/mol. The van der Waals surface area contributed by atoms with Gasteiger partial charge < -0.3 is 10.1 Å². The molecule has 0 spiro atoms. The molecule has 8 nitrogen and oxygen atoms in total. The third kappa shape index (κ3) is 4.77. The summed E-state index contributed by atoms with van der Waals surface area (Å²) in [7, 11) is -1.67. The third-order valence-electron chi connectivity index (χ3n) is 5.50. The molecule has 0 radical (unpaired) electrons. The second kappa shape index (κ2) is 10.0. The zero-order valence-corrected chi connectivity index (χ0v) is 19.9. The molecule has 0 aliphatic heterocycles. The Labute approximate surface area is 203 Å². The molecule has 0 saturated heterocycles. The molecule has 4 aromatic rings. The van der Waals surface area contributed by atoms with E-state index in [2.05, 4.69) is 15.0 Å². The molecule has 2 N–H and O–H groups in total. The molecule has 3 aromatic carbocycles. The van der Waals surface area contributed by atoms with Gasteiger partial charge in [0.15, 0.2) is 6.04 Å². The van der Waals surface area contributed by atoms with Crippen molar-refractivity contribution in [2.75, 3.05) is 14.2 Å². The first-order chi connectivity index (χ1) is 16.9. The summed E-state index contributed by atoms with van der Waals surface area (Å²) in [5.74, 6) is -1.45. The van der Waals surface area contributed by atoms with Gasteiger partial charge >= 0.3 is 5.97 Å². The summed E-state index contributed by atoms with van der Waals surface area (Å²) in [5.41, 5.74) is 1.45. The van der Waals surface area contributed by atoms with Crippen LogP contribution in [0.5, 0.6) is 0 Å². The van der Waals surface area contributed by atoms with Crippen molar-refractivity contribution >= 4 is 32.8 Å². The number of carbonyl (C=O) groups is 2. The van der Waals surface area contributed by atoms with Crippen LogP contribution < -0.4 is 10.0 Å². The minimum Gasteiger partial charge on any atom is -0.467 e. The van der Waals surface area contributed by atoms with Crippen molar-refractivity contribution in [3.8, 4) is 11.3 Å². The Morgan fingerprint density at radius 2 is 1.49 bits per heavy atom. The van der Waals surface area contributed by atoms with Gasteiger partial charge in [0, 0.05) is 10.9 Å². The number of methoxy groups -OCH3 is 1. The van der Waals surface area contributed by atoms with E-state index in [0.717, 1.165) is 0 Å². The smallest absolute Gasteiger partial charge is 0.333 e. The molecule has 0 unspecified atom stereocenters. The molecule has 1 heterocycles. The van der Waals surface area contributed by atoms with E-state index < -0.39 is 27.9 Å². The molecule has 178 valence electrons. The number of benzene rings is 3. The van der Waals surface area contributed by atoms with Crippen LogP contribution in [0.25, 0.3) is 22.2 Å². The number of ether oxygens (including phenoxy) is 1. The Kier molecular flexibility index (Phi) is 6.90. The second-order valence-corrected chi connectivity index (χ2v) is 9.42. The molecule has 4 rings (SSSR count). The van der Waals surface area contributed by atoms with Gasteiger partial charge in [0.25, 0.3) is 5.91 Å². The first kappa shape index (κ1) is 24.1. The van der Waals surface area contributed by atoms with Gasteiger partial charge in [-0.2, -0.15) is 0 Å². The molecule has 0 bridgehead atoms. The Balaban J connectivity index is 1.99. The summed E-state index contributed by atoms with van der Waals surface area (Å²) < 4.78 is 33.8. The first-order valence-electron chi connectivity index (χ1n) is 10.7. The number of esters is 1. The summed E-state index contributed by atoms with van der Waals surface area (Å²) in [5, 5.41) is 3.00. The quantitative estimate of drug-likeness (QED) is 0.384. The molecule has 35 heavy (non-hydrogen) atoms. The average molecular weight is 490 g/mol. The third-order valence-corrected chi connectivity index (χ3v) is 6.98. The van der Waals surface area contributed by atoms with Crippen molar-refractivity contribution in [1.82, 2.24) is 15.0 Å². The fourth-order valence-corrected chi connectivity index (χ4v) is 4.91. The second-order valence-electron chi connectivity index (χ2n) is 7.60. The number of hydrogen-bond acceptors (Lipinski definition) is 6. The van der Waals surface area contributed by atoms with Gasteiger partial charge in [0.05, 0.1) is 23.9 Å². The predicted octanol–water partition coefficient (Wildman–Crippen LogP) is 3.45. The highest BCUT2D eigenvalue weighted by Crippen LogP contribution is 2.34. The van der Waals surface area contributed by atoms with Crippen molar-refractivity contribution in [2.45, 2.75) is 10.9 Å². The van der Waals surface area contributed by atoms with Gasteiger partial charge in [-0.05, 0) is 18.7 Å². The maximum Gasteiger partial charge on any atom is 0.333 e. The molecule has 0 saturated carbocycles. The number of amides is 1. The van der Waals surface area contributed by atoms with Crippen molar-refractivity contribution in [3.05, 3.63) is 96.1 Å². The van der Waals surface area contributed by atoms with Crippen LogP contribution in [0, 0.1) is 0 Å². The highest BCUT2D eigenvalue weighted by Gasteiger charge is 2.32. The monoisotopic (exact) mass is 489 g/mol. The van der Waals surface area contributed by atoms with Gasteiger partial charge in [-0.3, -0.25) is 4.79 Å². The minimum absolute atomic E-state index is 0.117. The zero-order chi connectivity index (χ0) is 25.0. The van der Waals surface area contributed by atoms with E-state index >= 15 is 0 Å². The minimum atomic E-state index is -4.16. The lowest BCUT2D eigenvalue weighted by atomic mass is 10.0. The van der Waals surface area contributed by atoms with Gasteiger partial charge in [0.1, 0.15) is 4.90 Å². The predicted molar refractivity (Wildman–Crippen MR) is 132 cm³/mol. The van der Waals surface area contributed by atoms with E-state index in [1.54, 1.807) is 84.9 Å². The van der Waals surface area contributed by atoms with Crippen LogP contribution in [0.15, 0.2) is 89.8 Å². The van der Waals surface area contributed by atoms with Crippen molar-refractivity contribution in [3.63, 3.8) is 0 Å². The van der Waals surface area contributed by atoms with E-state index in [1.165, 1.54) is 14.2 Å². The van der Waals surface area contributed by atoms with Crippen LogP contribution in [0.1, 0.15) is 22.0 Å². The molecule has 0 aliphatic carbocycles. The number of aromatic nitrogens is 1. The lowest BCUT2D eigenvalue weighted by Crippen LogP contribution is -2.36. The number of nitrogens with zero attached hydrogens (tertiary/aromatic N) is 1. The zero-order valence-electron chi connectivity index (χ0n) is 19.1. The lowest BCUT2D eigenvalue weighted by molar-refractivity contribution is -0.143. The summed E-state index contributed by atoms with van der Waals surface area (Å²) in [4.78, 5) is 30.7. The van der Waals surface area contributed by atoms with Crippen LogP contribution in [0.4, 0.5) is 0 Å². The molecule has 0 aliphatic rings. The van der Waals surface area contributed by atoms with E-state index in [-0.39, 0.29) is 16.2 Å². The van der Waals surface area contributed by atoms with Gasteiger partial charge in [-0.1, -0.05) is 78.9 Å². The number of fused-ring (bicyclic) bond motifs is 1. The van der Waals surface area contributed by atoms with E-state index in [9.17, 15) is 18.0 Å². The van der Waals surface area contributed by atoms with Crippen LogP contribution in [0.3, 0.4) is 0 Å². The molecule has 1 aromatic heterocycles. The fraction of sp³-hybridized carbons (Fsp3) is 0.115. The van der Waals surface area contributed by atoms with Crippen molar-refractivity contribution in [2.24, 2.45) is 0 Å². The van der Waals surface area contributed by atoms with Gasteiger partial charge in [-0.25, -0.2) is 22.9 Å². The molecule has 1 atom stereocenters. The average Bonchev–Trinajstić information content (AvgIpc) is 2.91. The Bertz CT molecular complexity index is 1490. The number of nitrogens with one attached hydrogen (secondary N) is 2. The fourth-order valence-electron chi connectivity index (χ4n) is 3.82. The number of para-hydroxylation sites is 1. The molecule has 9 heteroatoms. The molecule has 0 fully saturated rings. The number of carbonyl (C=O) groups excluding carboxylic acids is 2. The van der Waals surface area contributed by atoms with Crippen LogP contribution >= 0.6 is 0 Å². The summed E-state index contributed by atoms with van der Waals surface area (Å²) >= 11 is 0. The lowest BCUT2D eigenvalue weighted by Gasteiger charge is -2.20. The first-order valence-corrected chi connectivity index (χ1v) is 12.2. The number of rotatable bonds is 7. The molecule has 1 amide bonds. The largest absolute Gasteiger partial charge is 0.467 e. The number of hydrogen-bond donors (Lipinski definition) is 2. The van der Waals surface area contributed by atoms with Crippen LogP contribution in [-0.4, -0.2) is 39.4 Å². The maximum atomic E-state index is 13.8. The van der Waals surface area contributed by atoms with Crippen LogP contribution in [0.2, 0.25) is 0 Å². The number of sulfonamides is 1. The Morgan fingerprint density at radius 3 is 2.11 bits per heavy atom. The van der Waals surface area contributed by atoms with E-state index in [4.69, 9.17) is 4.74 Å². The number of pyridine rings is 1. The summed E-state index contributed by atoms with van der Waals surface area (Å²) in [6.07, 6.45) is 0. The van der Waals surface area contributed by atoms with Crippen LogP contribution in [-0.2, 0) is 19.6 Å². The van der Waals surface area contributed by atoms with Crippen molar-refractivity contribution < 1.29 is 22.7 Å². The Hall–Kier alpha value is -4.08. The standard InChI is InChI=1S/C26H23N3O5S/c1-27-35(32,33)24-21(25(30)29-23(26(31)34-2)18-13-7-4-8-14-18)19-15-9-10-16-20(19)28-22(24)17-11-5-3-6-12-17/h3-16,23,27H,1-2H3,(H,29,30)/t23-/m1/s1. The highest BCUT2D eigenvalue weighted by atomic mass is 32.2. The summed E-state index contributed by atoms with van der Waals surface area (Å²) in [6, 6.07) is 22.9. The topological polar surface area (TPSA) is 114 Å². The Morgan fingerprint density at radius 1 is 0.886 bits per heavy atom. The van der Waals surface area contributed by atoms with Crippen molar-refractivity contribution in [1.29, 1.82) is 0 Å². The highest BCUT2D eigenvalue weighted by molar-refractivity contribution is 7.89. The summed E-state index contributed by atoms with van der Waals surface area (Å²) in [6.45, 7) is 0. The van der Waals surface area contributed by atoms with E-state index in [1.807, 2.05) is 0 Å².